The molecule has 7 heteroatoms. The molecule has 2 aliphatic heterocycles. The van der Waals surface area contributed by atoms with Crippen LogP contribution < -0.4 is 4.90 Å². The van der Waals surface area contributed by atoms with Crippen molar-refractivity contribution in [3.05, 3.63) is 106 Å². The molecule has 2 amide bonds. The van der Waals surface area contributed by atoms with Gasteiger partial charge >= 0.3 is 7.12 Å². The van der Waals surface area contributed by atoms with E-state index in [2.05, 4.69) is 25.1 Å². The smallest absolute Gasteiger partial charge is 0.455 e. The number of nitrogens with zero attached hydrogens (tertiary/aromatic N) is 1. The lowest BCUT2D eigenvalue weighted by atomic mass is 9.58. The van der Waals surface area contributed by atoms with Crippen LogP contribution in [0.25, 0.3) is 11.6 Å². The number of phenolic OH excluding ortho intramolecular Hbond substituents is 1. The number of aryl methyl sites for hydroxylation is 2. The summed E-state index contributed by atoms with van der Waals surface area (Å²) in [6.07, 6.45) is 5.78. The highest BCUT2D eigenvalue weighted by Crippen LogP contribution is 2.52. The van der Waals surface area contributed by atoms with Crippen molar-refractivity contribution in [1.29, 1.82) is 0 Å². The maximum atomic E-state index is 13.9. The maximum Gasteiger partial charge on any atom is 0.455 e. The Morgan fingerprint density at radius 1 is 0.977 bits per heavy atom. The van der Waals surface area contributed by atoms with Gasteiger partial charge in [0.2, 0.25) is 11.8 Å². The molecule has 2 saturated heterocycles. The Balaban J connectivity index is 1.34. The number of rotatable bonds is 8. The van der Waals surface area contributed by atoms with Crippen molar-refractivity contribution < 1.29 is 24.4 Å². The first-order valence-corrected chi connectivity index (χ1v) is 15.8. The van der Waals surface area contributed by atoms with E-state index in [-0.39, 0.29) is 23.8 Å². The third-order valence-electron chi connectivity index (χ3n) is 9.55. The number of amides is 2. The van der Waals surface area contributed by atoms with Crippen LogP contribution in [0.5, 0.6) is 5.75 Å². The number of allylic oxidation sites excluding steroid dienone is 2. The number of fused-ring (bicyclic) bond motifs is 3. The van der Waals surface area contributed by atoms with Gasteiger partial charge < -0.3 is 14.8 Å². The number of carbonyl (C=O) groups is 2. The van der Waals surface area contributed by atoms with Crippen LogP contribution in [0.1, 0.15) is 61.3 Å². The van der Waals surface area contributed by atoms with Crippen molar-refractivity contribution in [2.45, 2.75) is 65.3 Å². The van der Waals surface area contributed by atoms with E-state index < -0.39 is 19.0 Å². The first-order chi connectivity index (χ1) is 21.3. The van der Waals surface area contributed by atoms with E-state index in [4.69, 9.17) is 4.65 Å². The molecule has 0 unspecified atom stereocenters. The Bertz CT molecular complexity index is 1590. The van der Waals surface area contributed by atoms with Gasteiger partial charge in [0.05, 0.1) is 23.6 Å². The van der Waals surface area contributed by atoms with Gasteiger partial charge in [-0.3, -0.25) is 14.5 Å². The molecule has 0 aromatic heterocycles. The average Bonchev–Trinajstić information content (AvgIpc) is 3.27. The van der Waals surface area contributed by atoms with Crippen molar-refractivity contribution in [3.63, 3.8) is 0 Å². The fourth-order valence-electron chi connectivity index (χ4n) is 7.65. The van der Waals surface area contributed by atoms with Crippen LogP contribution >= 0.6 is 0 Å². The Hall–Kier alpha value is -3.94. The monoisotopic (exact) mass is 589 g/mol. The third-order valence-corrected chi connectivity index (χ3v) is 9.55. The summed E-state index contributed by atoms with van der Waals surface area (Å²) in [5.74, 6) is -1.13. The summed E-state index contributed by atoms with van der Waals surface area (Å²) in [4.78, 5) is 29.0. The van der Waals surface area contributed by atoms with Gasteiger partial charge in [-0.25, -0.2) is 0 Å². The molecule has 0 saturated carbocycles. The molecule has 0 radical (unpaired) electrons. The summed E-state index contributed by atoms with van der Waals surface area (Å²) in [7, 11) is -1.00. The zero-order valence-corrected chi connectivity index (χ0v) is 25.7. The maximum absolute atomic E-state index is 13.9. The number of carbonyl (C=O) groups excluding carboxylic acids is 2. The van der Waals surface area contributed by atoms with E-state index in [1.54, 1.807) is 0 Å². The van der Waals surface area contributed by atoms with Gasteiger partial charge in [-0.15, -0.1) is 0 Å². The Kier molecular flexibility index (Phi) is 8.61. The number of benzene rings is 3. The molecule has 3 aromatic rings. The van der Waals surface area contributed by atoms with Gasteiger partial charge in [0.15, 0.2) is 0 Å². The van der Waals surface area contributed by atoms with Crippen LogP contribution in [0.15, 0.2) is 83.9 Å². The minimum Gasteiger partial charge on any atom is -0.507 e. The molecule has 4 atom stereocenters. The molecule has 44 heavy (non-hydrogen) atoms. The molecule has 6 rings (SSSR count). The van der Waals surface area contributed by atoms with Gasteiger partial charge in [-0.05, 0) is 109 Å². The summed E-state index contributed by atoms with van der Waals surface area (Å²) in [6, 6.07) is 23.4. The lowest BCUT2D eigenvalue weighted by Crippen LogP contribution is -2.46. The number of anilines is 1. The van der Waals surface area contributed by atoms with Crippen molar-refractivity contribution in [3.8, 4) is 5.75 Å². The molecule has 1 aliphatic carbocycles. The number of imide groups is 1. The molecule has 2 N–H and O–H groups in total. The molecular formula is C37H40BNO5. The van der Waals surface area contributed by atoms with Crippen molar-refractivity contribution in [2.75, 3.05) is 4.90 Å². The second-order valence-corrected chi connectivity index (χ2v) is 12.5. The highest BCUT2D eigenvalue weighted by atomic mass is 16.5. The Morgan fingerprint density at radius 3 is 2.30 bits per heavy atom. The highest BCUT2D eigenvalue weighted by Gasteiger charge is 2.57. The predicted molar refractivity (Wildman–Crippen MR) is 175 cm³/mol. The van der Waals surface area contributed by atoms with Gasteiger partial charge in [0, 0.05) is 0 Å². The van der Waals surface area contributed by atoms with Crippen LogP contribution in [0, 0.1) is 31.6 Å². The van der Waals surface area contributed by atoms with E-state index in [0.29, 0.717) is 37.0 Å². The molecule has 3 aliphatic rings. The summed E-state index contributed by atoms with van der Waals surface area (Å²) >= 11 is 0. The quantitative estimate of drug-likeness (QED) is 0.126. The molecule has 226 valence electrons. The van der Waals surface area contributed by atoms with Crippen LogP contribution in [0.4, 0.5) is 5.69 Å². The predicted octanol–water partition coefficient (Wildman–Crippen LogP) is 7.13. The highest BCUT2D eigenvalue weighted by molar-refractivity contribution is 6.43. The van der Waals surface area contributed by atoms with E-state index in [1.807, 2.05) is 74.5 Å². The zero-order valence-electron chi connectivity index (χ0n) is 25.7. The lowest BCUT2D eigenvalue weighted by Gasteiger charge is -2.43. The SMILES string of the molecule is CCCC1=C2[C@@H](CC/C(=C/c3cc(C)c(O)c(C)c3)c3ccccc3)OB(O)C[C@@H]2[C@@H]2C(=O)N(c3ccccc3)C(=O)[C@@H]2C1. The molecular weight excluding hydrogens is 549 g/mol. The van der Waals surface area contributed by atoms with Gasteiger partial charge in [-0.2, -0.15) is 0 Å². The summed E-state index contributed by atoms with van der Waals surface area (Å²) in [6.45, 7) is 5.95. The molecule has 6 nitrogen and oxygen atoms in total. The van der Waals surface area contributed by atoms with Crippen LogP contribution in [-0.4, -0.2) is 35.2 Å². The minimum atomic E-state index is -1.00. The third kappa shape index (κ3) is 5.67. The summed E-state index contributed by atoms with van der Waals surface area (Å²) in [5, 5.41) is 21.3. The number of hydrogen-bond acceptors (Lipinski definition) is 5. The Morgan fingerprint density at radius 2 is 1.64 bits per heavy atom. The van der Waals surface area contributed by atoms with E-state index in [0.717, 1.165) is 46.2 Å². The minimum absolute atomic E-state index is 0.134. The second kappa shape index (κ2) is 12.6. The van der Waals surface area contributed by atoms with Crippen molar-refractivity contribution in [2.24, 2.45) is 17.8 Å². The topological polar surface area (TPSA) is 87.1 Å². The largest absolute Gasteiger partial charge is 0.507 e. The van der Waals surface area contributed by atoms with Crippen LogP contribution in [-0.2, 0) is 14.2 Å². The van der Waals surface area contributed by atoms with E-state index in [9.17, 15) is 19.7 Å². The average molecular weight is 590 g/mol. The summed E-state index contributed by atoms with van der Waals surface area (Å²) in [5.41, 5.74) is 7.85. The second-order valence-electron chi connectivity index (χ2n) is 12.5. The lowest BCUT2D eigenvalue weighted by molar-refractivity contribution is -0.122. The van der Waals surface area contributed by atoms with Crippen molar-refractivity contribution >= 4 is 36.3 Å². The number of hydrogen-bond donors (Lipinski definition) is 2. The normalized spacial score (nSPS) is 23.7. The van der Waals surface area contributed by atoms with Crippen molar-refractivity contribution in [1.82, 2.24) is 0 Å². The van der Waals surface area contributed by atoms with Gasteiger partial charge in [0.1, 0.15) is 5.75 Å². The first-order valence-electron chi connectivity index (χ1n) is 15.8. The summed E-state index contributed by atoms with van der Waals surface area (Å²) < 4.78 is 6.27. The first kappa shape index (κ1) is 30.1. The standard InChI is InChI=1S/C37H40BNO5/c1-4-11-28-21-30-34(37(42)39(36(30)41)29-14-9-6-10-15-29)31-22-38(43)44-32(33(28)31)17-16-27(26-12-7-5-8-13-26)20-25-18-23(2)35(40)24(3)19-25/h5-10,12-15,18-20,30-32,34,40,43H,4,11,16-17,21-22H2,1-3H3/b27-20-/t30-,31+,32-,34-/m1/s1. The van der Waals surface area contributed by atoms with E-state index >= 15 is 0 Å². The van der Waals surface area contributed by atoms with Crippen LogP contribution in [0.3, 0.4) is 0 Å². The van der Waals surface area contributed by atoms with Gasteiger partial charge in [-0.1, -0.05) is 73.5 Å². The fourth-order valence-corrected chi connectivity index (χ4v) is 7.65. The zero-order chi connectivity index (χ0) is 31.0. The van der Waals surface area contributed by atoms with Gasteiger partial charge in [0.25, 0.3) is 0 Å². The molecule has 0 spiro atoms. The molecule has 3 aromatic carbocycles. The van der Waals surface area contributed by atoms with E-state index in [1.165, 1.54) is 10.5 Å². The number of phenols is 1. The molecule has 0 bridgehead atoms. The van der Waals surface area contributed by atoms with Crippen LogP contribution in [0.2, 0.25) is 6.32 Å². The number of para-hydroxylation sites is 1. The molecule has 2 heterocycles. The number of aromatic hydroxyl groups is 1. The molecule has 2 fully saturated rings. The Labute approximate surface area is 260 Å². The fraction of sp³-hybridized carbons (Fsp3) is 0.351.